The van der Waals surface area contributed by atoms with Gasteiger partial charge in [-0.1, -0.05) is 19.8 Å². The lowest BCUT2D eigenvalue weighted by molar-refractivity contribution is -0.141. The minimum absolute atomic E-state index is 0.214. The predicted molar refractivity (Wildman–Crippen MR) is 52.5 cm³/mol. The molecule has 4 heteroatoms. The fourth-order valence-electron chi connectivity index (χ4n) is 1.00. The molecule has 0 radical (unpaired) electrons. The molecule has 4 nitrogen and oxygen atoms in total. The lowest BCUT2D eigenvalue weighted by Gasteiger charge is -2.14. The number of carbonyl (C=O) groups is 2. The molecule has 78 valence electrons. The van der Waals surface area contributed by atoms with Gasteiger partial charge in [0.05, 0.1) is 0 Å². The second-order valence-corrected chi connectivity index (χ2v) is 3.37. The van der Waals surface area contributed by atoms with Gasteiger partial charge in [0.25, 0.3) is 5.91 Å². The van der Waals surface area contributed by atoms with Gasteiger partial charge >= 0.3 is 5.97 Å². The largest absolute Gasteiger partial charge is 0.480 e. The molecule has 0 aromatic rings. The molecule has 1 amide bonds. The highest BCUT2D eigenvalue weighted by Gasteiger charge is 2.19. The van der Waals surface area contributed by atoms with E-state index in [0.717, 1.165) is 0 Å². The van der Waals surface area contributed by atoms with Gasteiger partial charge in [-0.25, -0.2) is 4.79 Å². The minimum atomic E-state index is -1.02. The van der Waals surface area contributed by atoms with Crippen molar-refractivity contribution < 1.29 is 14.7 Å². The van der Waals surface area contributed by atoms with E-state index in [1.54, 1.807) is 0 Å². The number of carbonyl (C=O) groups excluding carboxylic acids is 1. The van der Waals surface area contributed by atoms with Crippen molar-refractivity contribution in [3.63, 3.8) is 0 Å². The summed E-state index contributed by atoms with van der Waals surface area (Å²) in [6.07, 6.45) is 0.409. The highest BCUT2D eigenvalue weighted by molar-refractivity contribution is 5.95. The van der Waals surface area contributed by atoms with E-state index in [4.69, 9.17) is 5.11 Å². The second-order valence-electron chi connectivity index (χ2n) is 3.37. The zero-order chi connectivity index (χ0) is 11.1. The number of amides is 1. The second kappa shape index (κ2) is 6.03. The van der Waals surface area contributed by atoms with Gasteiger partial charge < -0.3 is 10.4 Å². The maximum absolute atomic E-state index is 11.0. The van der Waals surface area contributed by atoms with Crippen molar-refractivity contribution in [3.8, 4) is 11.8 Å². The summed E-state index contributed by atoms with van der Waals surface area (Å²) in [5.41, 5.74) is 0. The van der Waals surface area contributed by atoms with Crippen molar-refractivity contribution in [2.24, 2.45) is 5.92 Å². The predicted octanol–water partition coefficient (Wildman–Crippen LogP) is 0.625. The van der Waals surface area contributed by atoms with Gasteiger partial charge in [0.1, 0.15) is 6.04 Å². The molecule has 1 atom stereocenters. The Kier molecular flexibility index (Phi) is 5.38. The lowest BCUT2D eigenvalue weighted by atomic mass is 10.0. The summed E-state index contributed by atoms with van der Waals surface area (Å²) < 4.78 is 0. The van der Waals surface area contributed by atoms with Crippen LogP contribution in [-0.2, 0) is 9.59 Å². The first-order valence-corrected chi connectivity index (χ1v) is 4.43. The Balaban J connectivity index is 4.28. The van der Waals surface area contributed by atoms with Crippen molar-refractivity contribution in [1.82, 2.24) is 5.32 Å². The third-order valence-electron chi connectivity index (χ3n) is 1.55. The van der Waals surface area contributed by atoms with E-state index in [2.05, 4.69) is 17.2 Å². The van der Waals surface area contributed by atoms with Crippen molar-refractivity contribution >= 4 is 11.9 Å². The van der Waals surface area contributed by atoms with Crippen LogP contribution < -0.4 is 5.32 Å². The summed E-state index contributed by atoms with van der Waals surface area (Å²) in [7, 11) is 0. The summed E-state index contributed by atoms with van der Waals surface area (Å²) in [6.45, 7) is 5.32. The fourth-order valence-corrected chi connectivity index (χ4v) is 1.00. The molecule has 0 aliphatic carbocycles. The van der Waals surface area contributed by atoms with Gasteiger partial charge in [-0.05, 0) is 25.2 Å². The summed E-state index contributed by atoms with van der Waals surface area (Å²) in [6, 6.07) is -0.844. The van der Waals surface area contributed by atoms with Crippen LogP contribution in [-0.4, -0.2) is 23.0 Å². The van der Waals surface area contributed by atoms with Gasteiger partial charge in [-0.15, -0.1) is 0 Å². The molecule has 14 heavy (non-hydrogen) atoms. The van der Waals surface area contributed by atoms with Crippen molar-refractivity contribution in [3.05, 3.63) is 0 Å². The average molecular weight is 197 g/mol. The molecule has 0 saturated heterocycles. The topological polar surface area (TPSA) is 66.4 Å². The van der Waals surface area contributed by atoms with Crippen molar-refractivity contribution in [2.45, 2.75) is 33.2 Å². The molecular formula is C10H15NO3. The zero-order valence-electron chi connectivity index (χ0n) is 8.63. The van der Waals surface area contributed by atoms with Gasteiger partial charge in [0.2, 0.25) is 0 Å². The van der Waals surface area contributed by atoms with E-state index < -0.39 is 17.9 Å². The molecule has 0 rings (SSSR count). The van der Waals surface area contributed by atoms with Gasteiger partial charge in [-0.2, -0.15) is 0 Å². The molecule has 0 spiro atoms. The first-order valence-electron chi connectivity index (χ1n) is 4.43. The van der Waals surface area contributed by atoms with Crippen LogP contribution >= 0.6 is 0 Å². The number of rotatable bonds is 4. The standard InChI is InChI=1S/C10H15NO3/c1-4-5-9(12)11-8(10(13)14)6-7(2)3/h7-8H,6H2,1-3H3,(H,11,12)(H,13,14)/t8-/m1/s1. The van der Waals surface area contributed by atoms with Crippen molar-refractivity contribution in [2.75, 3.05) is 0 Å². The first-order chi connectivity index (χ1) is 6.47. The molecule has 0 aliphatic rings. The van der Waals surface area contributed by atoms with E-state index >= 15 is 0 Å². The highest BCUT2D eigenvalue weighted by Crippen LogP contribution is 2.04. The molecular weight excluding hydrogens is 182 g/mol. The highest BCUT2D eigenvalue weighted by atomic mass is 16.4. The molecule has 0 saturated carbocycles. The number of carboxylic acids is 1. The summed E-state index contributed by atoms with van der Waals surface area (Å²) >= 11 is 0. The average Bonchev–Trinajstić information content (AvgIpc) is 2.02. The normalized spacial score (nSPS) is 11.4. The van der Waals surface area contributed by atoms with Crippen molar-refractivity contribution in [1.29, 1.82) is 0 Å². The Hall–Kier alpha value is -1.50. The number of carboxylic acid groups (broad SMARTS) is 1. The number of hydrogen-bond acceptors (Lipinski definition) is 2. The molecule has 0 aliphatic heterocycles. The zero-order valence-corrected chi connectivity index (χ0v) is 8.63. The van der Waals surface area contributed by atoms with E-state index in [9.17, 15) is 9.59 Å². The lowest BCUT2D eigenvalue weighted by Crippen LogP contribution is -2.41. The fraction of sp³-hybridized carbons (Fsp3) is 0.600. The minimum Gasteiger partial charge on any atom is -0.480 e. The van der Waals surface area contributed by atoms with Gasteiger partial charge in [-0.3, -0.25) is 4.79 Å². The van der Waals surface area contributed by atoms with E-state index in [0.29, 0.717) is 6.42 Å². The third kappa shape index (κ3) is 5.20. The molecule has 0 heterocycles. The van der Waals surface area contributed by atoms with Crippen LogP contribution in [0.5, 0.6) is 0 Å². The van der Waals surface area contributed by atoms with Crippen LogP contribution in [0.15, 0.2) is 0 Å². The smallest absolute Gasteiger partial charge is 0.326 e. The third-order valence-corrected chi connectivity index (χ3v) is 1.55. The van der Waals surface area contributed by atoms with Crippen LogP contribution in [0.2, 0.25) is 0 Å². The quantitative estimate of drug-likeness (QED) is 0.649. The molecule has 0 aromatic heterocycles. The van der Waals surface area contributed by atoms with Crippen LogP contribution in [0, 0.1) is 17.8 Å². The Labute approximate surface area is 83.7 Å². The monoisotopic (exact) mass is 197 g/mol. The van der Waals surface area contributed by atoms with E-state index in [1.807, 2.05) is 13.8 Å². The van der Waals surface area contributed by atoms with Crippen LogP contribution in [0.4, 0.5) is 0 Å². The maximum Gasteiger partial charge on any atom is 0.326 e. The molecule has 0 fully saturated rings. The Morgan fingerprint density at radius 3 is 2.36 bits per heavy atom. The summed E-state index contributed by atoms with van der Waals surface area (Å²) in [4.78, 5) is 21.7. The van der Waals surface area contributed by atoms with Crippen LogP contribution in [0.3, 0.4) is 0 Å². The van der Waals surface area contributed by atoms with Gasteiger partial charge in [0, 0.05) is 0 Å². The van der Waals surface area contributed by atoms with E-state index in [-0.39, 0.29) is 5.92 Å². The molecule has 0 aromatic carbocycles. The molecule has 0 unspecified atom stereocenters. The van der Waals surface area contributed by atoms with Gasteiger partial charge in [0.15, 0.2) is 0 Å². The number of aliphatic carboxylic acids is 1. The summed E-state index contributed by atoms with van der Waals surface area (Å²) in [5.74, 6) is 3.30. The number of hydrogen-bond donors (Lipinski definition) is 2. The maximum atomic E-state index is 11.0. The summed E-state index contributed by atoms with van der Waals surface area (Å²) in [5, 5.41) is 11.1. The molecule has 2 N–H and O–H groups in total. The SMILES string of the molecule is CC#CC(=O)N[C@H](CC(C)C)C(=O)O. The first kappa shape index (κ1) is 12.5. The van der Waals surface area contributed by atoms with Crippen LogP contribution in [0.25, 0.3) is 0 Å². The molecule has 0 bridgehead atoms. The Bertz CT molecular complexity index is 273. The number of nitrogens with one attached hydrogen (secondary N) is 1. The van der Waals surface area contributed by atoms with Crippen LogP contribution in [0.1, 0.15) is 27.2 Å². The Morgan fingerprint density at radius 2 is 2.00 bits per heavy atom. The Morgan fingerprint density at radius 1 is 1.43 bits per heavy atom. The van der Waals surface area contributed by atoms with E-state index in [1.165, 1.54) is 6.92 Å².